The molecule has 4 heteroatoms. The van der Waals surface area contributed by atoms with Crippen molar-refractivity contribution in [1.82, 2.24) is 14.7 Å². The number of likely N-dealkylation sites (tertiary alicyclic amines) is 1. The first kappa shape index (κ1) is 12.1. The Morgan fingerprint density at radius 1 is 1.41 bits per heavy atom. The standard InChI is InChI=1S/C13H21N3O/c1-11(2)12-4-8-15(9-5-12)13(17)10-16-7-3-6-14-16/h3,6-7,11-12H,4-5,8-10H2,1-2H3. The van der Waals surface area contributed by atoms with Gasteiger partial charge in [-0.15, -0.1) is 0 Å². The van der Waals surface area contributed by atoms with Crippen LogP contribution in [0.5, 0.6) is 0 Å². The van der Waals surface area contributed by atoms with Gasteiger partial charge in [-0.3, -0.25) is 9.48 Å². The third-order valence-electron chi connectivity index (χ3n) is 3.69. The SMILES string of the molecule is CC(C)C1CCN(C(=O)Cn2cccn2)CC1. The van der Waals surface area contributed by atoms with Crippen molar-refractivity contribution in [2.75, 3.05) is 13.1 Å². The van der Waals surface area contributed by atoms with Crippen molar-refractivity contribution in [3.05, 3.63) is 18.5 Å². The van der Waals surface area contributed by atoms with Gasteiger partial charge in [0.25, 0.3) is 0 Å². The third kappa shape index (κ3) is 3.08. The molecule has 1 saturated heterocycles. The molecule has 0 unspecified atom stereocenters. The van der Waals surface area contributed by atoms with E-state index < -0.39 is 0 Å². The molecule has 1 amide bonds. The van der Waals surface area contributed by atoms with Gasteiger partial charge >= 0.3 is 0 Å². The summed E-state index contributed by atoms with van der Waals surface area (Å²) in [6.45, 7) is 6.73. The second-order valence-corrected chi connectivity index (χ2v) is 5.17. The van der Waals surface area contributed by atoms with E-state index in [9.17, 15) is 4.79 Å². The minimum atomic E-state index is 0.191. The van der Waals surface area contributed by atoms with Crippen LogP contribution in [0.15, 0.2) is 18.5 Å². The van der Waals surface area contributed by atoms with Gasteiger partial charge in [-0.05, 0) is 30.7 Å². The van der Waals surface area contributed by atoms with Gasteiger partial charge in [-0.2, -0.15) is 5.10 Å². The Balaban J connectivity index is 1.82. The predicted octanol–water partition coefficient (Wildman–Crippen LogP) is 1.78. The van der Waals surface area contributed by atoms with E-state index >= 15 is 0 Å². The van der Waals surface area contributed by atoms with Gasteiger partial charge < -0.3 is 4.90 Å². The van der Waals surface area contributed by atoms with Crippen molar-refractivity contribution in [3.8, 4) is 0 Å². The molecule has 0 saturated carbocycles. The van der Waals surface area contributed by atoms with Crippen LogP contribution in [0.1, 0.15) is 26.7 Å². The summed E-state index contributed by atoms with van der Waals surface area (Å²) in [5, 5.41) is 4.06. The summed E-state index contributed by atoms with van der Waals surface area (Å²) in [6.07, 6.45) is 5.82. The van der Waals surface area contributed by atoms with Gasteiger partial charge in [-0.1, -0.05) is 13.8 Å². The largest absolute Gasteiger partial charge is 0.341 e. The van der Waals surface area contributed by atoms with E-state index in [1.165, 1.54) is 0 Å². The molecule has 0 radical (unpaired) electrons. The van der Waals surface area contributed by atoms with Gasteiger partial charge in [0.15, 0.2) is 0 Å². The zero-order chi connectivity index (χ0) is 12.3. The molecule has 94 valence electrons. The average molecular weight is 235 g/mol. The van der Waals surface area contributed by atoms with E-state index in [1.807, 2.05) is 17.2 Å². The van der Waals surface area contributed by atoms with Crippen LogP contribution in [0.3, 0.4) is 0 Å². The van der Waals surface area contributed by atoms with Crippen LogP contribution in [-0.4, -0.2) is 33.7 Å². The molecule has 4 nitrogen and oxygen atoms in total. The highest BCUT2D eigenvalue weighted by molar-refractivity contribution is 5.75. The van der Waals surface area contributed by atoms with Gasteiger partial charge in [-0.25, -0.2) is 0 Å². The van der Waals surface area contributed by atoms with Crippen molar-refractivity contribution >= 4 is 5.91 Å². The monoisotopic (exact) mass is 235 g/mol. The lowest BCUT2D eigenvalue weighted by atomic mass is 9.87. The number of piperidine rings is 1. The van der Waals surface area contributed by atoms with E-state index in [0.29, 0.717) is 6.54 Å². The molecular formula is C13H21N3O. The molecule has 1 aliphatic heterocycles. The fourth-order valence-electron chi connectivity index (χ4n) is 2.45. The molecular weight excluding hydrogens is 214 g/mol. The number of hydrogen-bond acceptors (Lipinski definition) is 2. The highest BCUT2D eigenvalue weighted by atomic mass is 16.2. The Morgan fingerprint density at radius 2 is 2.12 bits per heavy atom. The summed E-state index contributed by atoms with van der Waals surface area (Å²) in [4.78, 5) is 14.0. The minimum Gasteiger partial charge on any atom is -0.341 e. The number of aromatic nitrogens is 2. The minimum absolute atomic E-state index is 0.191. The van der Waals surface area contributed by atoms with E-state index in [-0.39, 0.29) is 5.91 Å². The van der Waals surface area contributed by atoms with Crippen LogP contribution >= 0.6 is 0 Å². The molecule has 1 aliphatic rings. The topological polar surface area (TPSA) is 38.1 Å². The number of amides is 1. The smallest absolute Gasteiger partial charge is 0.244 e. The maximum absolute atomic E-state index is 12.0. The Morgan fingerprint density at radius 3 is 2.65 bits per heavy atom. The predicted molar refractivity (Wildman–Crippen MR) is 66.4 cm³/mol. The van der Waals surface area contributed by atoms with Gasteiger partial charge in [0.05, 0.1) is 0 Å². The molecule has 1 fully saturated rings. The molecule has 17 heavy (non-hydrogen) atoms. The number of rotatable bonds is 3. The third-order valence-corrected chi connectivity index (χ3v) is 3.69. The molecule has 1 aromatic heterocycles. The average Bonchev–Trinajstić information content (AvgIpc) is 2.82. The maximum atomic E-state index is 12.0. The van der Waals surface area contributed by atoms with Crippen LogP contribution < -0.4 is 0 Å². The van der Waals surface area contributed by atoms with Gasteiger partial charge in [0.2, 0.25) is 5.91 Å². The van der Waals surface area contributed by atoms with Crippen LogP contribution in [0.4, 0.5) is 0 Å². The molecule has 0 N–H and O–H groups in total. The van der Waals surface area contributed by atoms with Gasteiger partial charge in [0, 0.05) is 25.5 Å². The first-order chi connectivity index (χ1) is 8.16. The Labute approximate surface area is 103 Å². The van der Waals surface area contributed by atoms with Crippen molar-refractivity contribution in [2.45, 2.75) is 33.2 Å². The number of carbonyl (C=O) groups is 1. The number of carbonyl (C=O) groups excluding carboxylic acids is 1. The Bertz CT molecular complexity index is 351. The highest BCUT2D eigenvalue weighted by Crippen LogP contribution is 2.24. The molecule has 0 atom stereocenters. The van der Waals surface area contributed by atoms with Crippen LogP contribution in [0.2, 0.25) is 0 Å². The number of hydrogen-bond donors (Lipinski definition) is 0. The Hall–Kier alpha value is -1.32. The van der Waals surface area contributed by atoms with E-state index in [0.717, 1.165) is 37.8 Å². The molecule has 2 heterocycles. The summed E-state index contributed by atoms with van der Waals surface area (Å²) in [5.41, 5.74) is 0. The van der Waals surface area contributed by atoms with Crippen molar-refractivity contribution in [3.63, 3.8) is 0 Å². The molecule has 2 rings (SSSR count). The second kappa shape index (κ2) is 5.34. The normalized spacial score (nSPS) is 17.7. The summed E-state index contributed by atoms with van der Waals surface area (Å²) in [5.74, 6) is 1.71. The fourth-order valence-corrected chi connectivity index (χ4v) is 2.45. The fraction of sp³-hybridized carbons (Fsp3) is 0.692. The van der Waals surface area contributed by atoms with E-state index in [1.54, 1.807) is 10.9 Å². The van der Waals surface area contributed by atoms with Crippen LogP contribution in [0, 0.1) is 11.8 Å². The molecule has 0 spiro atoms. The lowest BCUT2D eigenvalue weighted by Gasteiger charge is -2.33. The summed E-state index contributed by atoms with van der Waals surface area (Å²) in [7, 11) is 0. The lowest BCUT2D eigenvalue weighted by molar-refractivity contribution is -0.133. The number of nitrogens with zero attached hydrogens (tertiary/aromatic N) is 3. The second-order valence-electron chi connectivity index (χ2n) is 5.17. The quantitative estimate of drug-likeness (QED) is 0.801. The first-order valence-electron chi connectivity index (χ1n) is 6.42. The van der Waals surface area contributed by atoms with Crippen LogP contribution in [-0.2, 0) is 11.3 Å². The maximum Gasteiger partial charge on any atom is 0.244 e. The van der Waals surface area contributed by atoms with E-state index in [2.05, 4.69) is 18.9 Å². The molecule has 0 bridgehead atoms. The molecule has 0 aromatic carbocycles. The first-order valence-corrected chi connectivity index (χ1v) is 6.42. The van der Waals surface area contributed by atoms with Crippen LogP contribution in [0.25, 0.3) is 0 Å². The van der Waals surface area contributed by atoms with Crippen molar-refractivity contribution in [2.24, 2.45) is 11.8 Å². The Kier molecular flexibility index (Phi) is 3.82. The molecule has 0 aliphatic carbocycles. The van der Waals surface area contributed by atoms with Crippen molar-refractivity contribution in [1.29, 1.82) is 0 Å². The summed E-state index contributed by atoms with van der Waals surface area (Å²) < 4.78 is 1.69. The lowest BCUT2D eigenvalue weighted by Crippen LogP contribution is -2.41. The van der Waals surface area contributed by atoms with E-state index in [4.69, 9.17) is 0 Å². The van der Waals surface area contributed by atoms with Crippen molar-refractivity contribution < 1.29 is 4.79 Å². The van der Waals surface area contributed by atoms with Gasteiger partial charge in [0.1, 0.15) is 6.54 Å². The zero-order valence-electron chi connectivity index (χ0n) is 10.7. The molecule has 1 aromatic rings. The summed E-state index contributed by atoms with van der Waals surface area (Å²) in [6, 6.07) is 1.85. The zero-order valence-corrected chi connectivity index (χ0v) is 10.7. The summed E-state index contributed by atoms with van der Waals surface area (Å²) >= 11 is 0. The highest BCUT2D eigenvalue weighted by Gasteiger charge is 2.24.